The lowest BCUT2D eigenvalue weighted by Gasteiger charge is -2.18. The molecule has 418 valence electrons. The fourth-order valence-corrected chi connectivity index (χ4v) is 9.61. The normalized spacial score (nSPS) is 12.1. The molecular weight excluding hydrogens is 877 g/mol. The number of carbonyl (C=O) groups is 3. The van der Waals surface area contributed by atoms with Crippen LogP contribution in [-0.4, -0.2) is 37.2 Å². The summed E-state index contributed by atoms with van der Waals surface area (Å²) in [6.07, 6.45) is 72.7. The minimum atomic E-state index is -0.768. The highest BCUT2D eigenvalue weighted by Gasteiger charge is 2.19. The molecule has 0 aliphatic carbocycles. The van der Waals surface area contributed by atoms with E-state index in [0.29, 0.717) is 19.3 Å². The van der Waals surface area contributed by atoms with Crippen molar-refractivity contribution in [1.82, 2.24) is 0 Å². The Morgan fingerprint density at radius 2 is 0.465 bits per heavy atom. The summed E-state index contributed by atoms with van der Waals surface area (Å²) in [5.41, 5.74) is 0. The average Bonchev–Trinajstić information content (AvgIpc) is 3.37. The molecule has 6 heteroatoms. The fraction of sp³-hybridized carbons (Fsp3) is 0.892. The number of esters is 3. The van der Waals surface area contributed by atoms with Crippen molar-refractivity contribution in [2.45, 2.75) is 361 Å². The largest absolute Gasteiger partial charge is 0.462 e. The second-order valence-electron chi connectivity index (χ2n) is 21.7. The van der Waals surface area contributed by atoms with Crippen molar-refractivity contribution in [3.8, 4) is 0 Å². The zero-order valence-corrected chi connectivity index (χ0v) is 48.0. The van der Waals surface area contributed by atoms with Gasteiger partial charge in [0, 0.05) is 19.3 Å². The Hall–Kier alpha value is -2.11. The van der Waals surface area contributed by atoms with Crippen LogP contribution in [0.3, 0.4) is 0 Å². The van der Waals surface area contributed by atoms with E-state index in [9.17, 15) is 14.4 Å². The molecule has 0 rings (SSSR count). The van der Waals surface area contributed by atoms with Crippen LogP contribution >= 0.6 is 0 Å². The van der Waals surface area contributed by atoms with Crippen LogP contribution in [0.2, 0.25) is 0 Å². The summed E-state index contributed by atoms with van der Waals surface area (Å²) in [5, 5.41) is 0. The molecule has 0 aromatic carbocycles. The highest BCUT2D eigenvalue weighted by atomic mass is 16.6. The van der Waals surface area contributed by atoms with Crippen molar-refractivity contribution in [3.63, 3.8) is 0 Å². The minimum Gasteiger partial charge on any atom is -0.462 e. The highest BCUT2D eigenvalue weighted by molar-refractivity contribution is 5.71. The molecule has 0 amide bonds. The van der Waals surface area contributed by atoms with E-state index >= 15 is 0 Å². The molecule has 71 heavy (non-hydrogen) atoms. The van der Waals surface area contributed by atoms with E-state index in [1.807, 2.05) is 0 Å². The van der Waals surface area contributed by atoms with Crippen LogP contribution in [0.4, 0.5) is 0 Å². The first kappa shape index (κ1) is 68.9. The molecular formula is C65H122O6. The quantitative estimate of drug-likeness (QED) is 0.0261. The first-order chi connectivity index (χ1) is 35.0. The van der Waals surface area contributed by atoms with Gasteiger partial charge in [0.2, 0.25) is 0 Å². The molecule has 0 heterocycles. The molecule has 0 saturated carbocycles. The lowest BCUT2D eigenvalue weighted by molar-refractivity contribution is -0.167. The van der Waals surface area contributed by atoms with Crippen LogP contribution in [0.15, 0.2) is 24.3 Å². The topological polar surface area (TPSA) is 78.9 Å². The van der Waals surface area contributed by atoms with E-state index in [1.54, 1.807) is 0 Å². The monoisotopic (exact) mass is 999 g/mol. The molecule has 6 nitrogen and oxygen atoms in total. The van der Waals surface area contributed by atoms with E-state index < -0.39 is 6.10 Å². The Morgan fingerprint density at radius 1 is 0.268 bits per heavy atom. The van der Waals surface area contributed by atoms with E-state index in [0.717, 1.165) is 70.6 Å². The zero-order chi connectivity index (χ0) is 51.4. The molecule has 1 atom stereocenters. The zero-order valence-electron chi connectivity index (χ0n) is 48.0. The third-order valence-electron chi connectivity index (χ3n) is 14.4. The summed E-state index contributed by atoms with van der Waals surface area (Å²) in [6.45, 7) is 6.57. The first-order valence-corrected chi connectivity index (χ1v) is 31.8. The predicted octanol–water partition coefficient (Wildman–Crippen LogP) is 21.4. The molecule has 0 aromatic heterocycles. The molecule has 0 spiro atoms. The van der Waals surface area contributed by atoms with Crippen LogP contribution in [0.25, 0.3) is 0 Å². The molecule has 0 aliphatic heterocycles. The van der Waals surface area contributed by atoms with Gasteiger partial charge >= 0.3 is 17.9 Å². The van der Waals surface area contributed by atoms with E-state index in [2.05, 4.69) is 45.1 Å². The number of rotatable bonds is 59. The molecule has 0 fully saturated rings. The van der Waals surface area contributed by atoms with Crippen LogP contribution in [0, 0.1) is 0 Å². The molecule has 0 radical (unpaired) electrons. The van der Waals surface area contributed by atoms with Crippen LogP contribution in [0.1, 0.15) is 355 Å². The highest BCUT2D eigenvalue weighted by Crippen LogP contribution is 2.18. The van der Waals surface area contributed by atoms with Crippen molar-refractivity contribution in [2.75, 3.05) is 13.2 Å². The number of ether oxygens (including phenoxy) is 3. The summed E-state index contributed by atoms with van der Waals surface area (Å²) < 4.78 is 16.7. The smallest absolute Gasteiger partial charge is 0.306 e. The Labute approximate surface area is 443 Å². The fourth-order valence-electron chi connectivity index (χ4n) is 9.61. The number of unbranched alkanes of at least 4 members (excludes halogenated alkanes) is 44. The Balaban J connectivity index is 3.81. The third kappa shape index (κ3) is 58.7. The Morgan fingerprint density at radius 3 is 0.718 bits per heavy atom. The summed E-state index contributed by atoms with van der Waals surface area (Å²) in [4.78, 5) is 37.7. The lowest BCUT2D eigenvalue weighted by atomic mass is 10.0. The van der Waals surface area contributed by atoms with E-state index in [4.69, 9.17) is 14.2 Å². The van der Waals surface area contributed by atoms with Crippen molar-refractivity contribution in [2.24, 2.45) is 0 Å². The molecule has 0 bridgehead atoms. The standard InChI is InChI=1S/C65H122O6/c1-4-7-10-13-15-17-19-21-22-23-24-25-26-27-28-29-30-31-32-33-34-35-36-37-38-39-40-41-42-44-45-47-49-52-55-58-64(67)70-61-62(60-69-63(66)57-54-51-12-9-6-3)71-65(68)59-56-53-50-48-46-43-20-18-16-14-11-8-5-2/h18,20,23-24,62H,4-17,19,21-22,25-61H2,1-3H3/b20-18-,24-23-. The molecule has 0 N–H and O–H groups in total. The number of hydrogen-bond donors (Lipinski definition) is 0. The Kier molecular flexibility index (Phi) is 58.6. The second kappa shape index (κ2) is 60.4. The van der Waals surface area contributed by atoms with Gasteiger partial charge < -0.3 is 14.2 Å². The van der Waals surface area contributed by atoms with Crippen molar-refractivity contribution in [1.29, 1.82) is 0 Å². The maximum Gasteiger partial charge on any atom is 0.306 e. The molecule has 0 aromatic rings. The van der Waals surface area contributed by atoms with Crippen LogP contribution < -0.4 is 0 Å². The van der Waals surface area contributed by atoms with Gasteiger partial charge in [-0.05, 0) is 70.6 Å². The van der Waals surface area contributed by atoms with Gasteiger partial charge in [0.05, 0.1) is 0 Å². The summed E-state index contributed by atoms with van der Waals surface area (Å²) >= 11 is 0. The molecule has 0 saturated heterocycles. The van der Waals surface area contributed by atoms with E-state index in [1.165, 1.54) is 244 Å². The van der Waals surface area contributed by atoms with Gasteiger partial charge in [-0.15, -0.1) is 0 Å². The van der Waals surface area contributed by atoms with Crippen LogP contribution in [0.5, 0.6) is 0 Å². The molecule has 0 aliphatic rings. The van der Waals surface area contributed by atoms with Crippen molar-refractivity contribution in [3.05, 3.63) is 24.3 Å². The summed E-state index contributed by atoms with van der Waals surface area (Å²) in [6, 6.07) is 0. The minimum absolute atomic E-state index is 0.0704. The predicted molar refractivity (Wildman–Crippen MR) is 307 cm³/mol. The second-order valence-corrected chi connectivity index (χ2v) is 21.7. The third-order valence-corrected chi connectivity index (χ3v) is 14.4. The first-order valence-electron chi connectivity index (χ1n) is 31.8. The van der Waals surface area contributed by atoms with Gasteiger partial charge in [-0.25, -0.2) is 0 Å². The number of allylic oxidation sites excluding steroid dienone is 4. The maximum atomic E-state index is 12.7. The number of carbonyl (C=O) groups excluding carboxylic acids is 3. The van der Waals surface area contributed by atoms with E-state index in [-0.39, 0.29) is 31.1 Å². The lowest BCUT2D eigenvalue weighted by Crippen LogP contribution is -2.30. The average molecular weight is 1000 g/mol. The van der Waals surface area contributed by atoms with Crippen molar-refractivity contribution >= 4 is 17.9 Å². The van der Waals surface area contributed by atoms with Gasteiger partial charge in [-0.1, -0.05) is 289 Å². The summed E-state index contributed by atoms with van der Waals surface area (Å²) in [5.74, 6) is -0.876. The molecule has 1 unspecified atom stereocenters. The van der Waals surface area contributed by atoms with Gasteiger partial charge in [-0.2, -0.15) is 0 Å². The maximum absolute atomic E-state index is 12.7. The number of hydrogen-bond acceptors (Lipinski definition) is 6. The SMILES string of the molecule is CCCCCC/C=C\CCCCCCCC(=O)OC(COC(=O)CCCCCCC)COC(=O)CCCCCCCCCCCCCCCCCCCCCCCCC/C=C\CCCCCCCCCC. The van der Waals surface area contributed by atoms with Gasteiger partial charge in [0.1, 0.15) is 13.2 Å². The Bertz CT molecular complexity index is 1150. The van der Waals surface area contributed by atoms with Gasteiger partial charge in [-0.3, -0.25) is 14.4 Å². The van der Waals surface area contributed by atoms with Crippen molar-refractivity contribution < 1.29 is 28.6 Å². The van der Waals surface area contributed by atoms with Gasteiger partial charge in [0.25, 0.3) is 0 Å². The van der Waals surface area contributed by atoms with Gasteiger partial charge in [0.15, 0.2) is 6.10 Å². The summed E-state index contributed by atoms with van der Waals surface area (Å²) in [7, 11) is 0. The van der Waals surface area contributed by atoms with Crippen LogP contribution in [-0.2, 0) is 28.6 Å².